The Morgan fingerprint density at radius 1 is 1.15 bits per heavy atom. The van der Waals surface area contributed by atoms with Crippen molar-refractivity contribution in [2.45, 2.75) is 12.8 Å². The molecule has 4 nitrogen and oxygen atoms in total. The zero-order valence-corrected chi connectivity index (χ0v) is 8.58. The summed E-state index contributed by atoms with van der Waals surface area (Å²) >= 11 is 0. The first-order valence-corrected chi connectivity index (χ1v) is 4.53. The summed E-state index contributed by atoms with van der Waals surface area (Å²) < 4.78 is 9.95. The number of aliphatic hydroxyl groups is 1. The minimum atomic E-state index is -0.230. The number of hydrogen-bond acceptors (Lipinski definition) is 4. The Morgan fingerprint density at radius 3 is 1.85 bits per heavy atom. The van der Waals surface area contributed by atoms with Gasteiger partial charge in [0.05, 0.1) is 6.61 Å². The number of rotatable bonds is 8. The first kappa shape index (κ1) is 12.8. The van der Waals surface area contributed by atoms with Crippen LogP contribution in [0.2, 0.25) is 0 Å². The van der Waals surface area contributed by atoms with Crippen molar-refractivity contribution in [2.24, 2.45) is 11.1 Å². The maximum Gasteiger partial charge on any atom is 0.0501 e. The third-order valence-corrected chi connectivity index (χ3v) is 2.44. The maximum absolute atomic E-state index is 9.24. The molecule has 0 unspecified atom stereocenters. The third kappa shape index (κ3) is 4.57. The minimum Gasteiger partial charge on any atom is -0.396 e. The van der Waals surface area contributed by atoms with Crippen molar-refractivity contribution in [3.8, 4) is 0 Å². The van der Waals surface area contributed by atoms with E-state index in [1.165, 1.54) is 0 Å². The van der Waals surface area contributed by atoms with Crippen LogP contribution in [0.1, 0.15) is 12.8 Å². The van der Waals surface area contributed by atoms with Crippen LogP contribution >= 0.6 is 0 Å². The lowest BCUT2D eigenvalue weighted by atomic mass is 9.82. The van der Waals surface area contributed by atoms with Gasteiger partial charge in [0.1, 0.15) is 0 Å². The van der Waals surface area contributed by atoms with Crippen molar-refractivity contribution in [1.82, 2.24) is 0 Å². The summed E-state index contributed by atoms with van der Waals surface area (Å²) in [7, 11) is 3.30. The van der Waals surface area contributed by atoms with Crippen molar-refractivity contribution >= 4 is 0 Å². The second kappa shape index (κ2) is 7.26. The van der Waals surface area contributed by atoms with Gasteiger partial charge >= 0.3 is 0 Å². The van der Waals surface area contributed by atoms with E-state index in [4.69, 9.17) is 15.2 Å². The molecular formula is C9H21NO3. The number of hydrogen-bond donors (Lipinski definition) is 2. The molecule has 0 saturated heterocycles. The number of methoxy groups -OCH3 is 2. The predicted octanol–water partition coefficient (Wildman–Crippen LogP) is -0.00320. The Morgan fingerprint density at radius 2 is 1.62 bits per heavy atom. The molecule has 0 radical (unpaired) electrons. The van der Waals surface area contributed by atoms with Crippen LogP contribution < -0.4 is 5.73 Å². The fourth-order valence-electron chi connectivity index (χ4n) is 1.19. The van der Waals surface area contributed by atoms with Gasteiger partial charge in [0.25, 0.3) is 0 Å². The molecule has 0 aliphatic carbocycles. The molecule has 0 aliphatic heterocycles. The Hall–Kier alpha value is -0.160. The molecular weight excluding hydrogens is 170 g/mol. The normalized spacial score (nSPS) is 12.0. The van der Waals surface area contributed by atoms with Crippen LogP contribution in [-0.4, -0.2) is 45.7 Å². The molecule has 0 atom stereocenters. The third-order valence-electron chi connectivity index (χ3n) is 2.44. The second-order valence-electron chi connectivity index (χ2n) is 3.35. The molecule has 0 heterocycles. The topological polar surface area (TPSA) is 64.7 Å². The van der Waals surface area contributed by atoms with Gasteiger partial charge in [0.15, 0.2) is 0 Å². The van der Waals surface area contributed by atoms with Gasteiger partial charge in [-0.25, -0.2) is 0 Å². The Balaban J connectivity index is 3.97. The van der Waals surface area contributed by atoms with E-state index in [2.05, 4.69) is 0 Å². The average Bonchev–Trinajstić information content (AvgIpc) is 2.20. The molecule has 0 saturated carbocycles. The highest BCUT2D eigenvalue weighted by atomic mass is 16.5. The quantitative estimate of drug-likeness (QED) is 0.566. The van der Waals surface area contributed by atoms with Crippen molar-refractivity contribution < 1.29 is 14.6 Å². The number of nitrogens with two attached hydrogens (primary N) is 1. The maximum atomic E-state index is 9.24. The summed E-state index contributed by atoms with van der Waals surface area (Å²) in [5.41, 5.74) is 5.40. The minimum absolute atomic E-state index is 0.0935. The Kier molecular flexibility index (Phi) is 7.17. The first-order valence-electron chi connectivity index (χ1n) is 4.53. The Labute approximate surface area is 80.0 Å². The smallest absolute Gasteiger partial charge is 0.0501 e. The molecule has 4 heteroatoms. The Bertz CT molecular complexity index is 105. The molecule has 0 fully saturated rings. The summed E-state index contributed by atoms with van der Waals surface area (Å²) in [6, 6.07) is 0. The van der Waals surface area contributed by atoms with Crippen LogP contribution in [-0.2, 0) is 9.47 Å². The molecule has 0 aromatic carbocycles. The molecule has 0 amide bonds. The molecule has 0 aromatic rings. The fourth-order valence-corrected chi connectivity index (χ4v) is 1.19. The van der Waals surface area contributed by atoms with Gasteiger partial charge in [0.2, 0.25) is 0 Å². The van der Waals surface area contributed by atoms with Crippen molar-refractivity contribution in [3.63, 3.8) is 0 Å². The predicted molar refractivity (Wildman–Crippen MR) is 51.6 cm³/mol. The highest BCUT2D eigenvalue weighted by molar-refractivity contribution is 4.79. The second-order valence-corrected chi connectivity index (χ2v) is 3.35. The summed E-state index contributed by atoms with van der Waals surface area (Å²) in [6.45, 7) is 1.81. The monoisotopic (exact) mass is 191 g/mol. The SMILES string of the molecule is COCCC(CN)(CO)CCOC. The number of aliphatic hydroxyl groups excluding tert-OH is 1. The van der Waals surface area contributed by atoms with E-state index in [9.17, 15) is 5.11 Å². The van der Waals surface area contributed by atoms with Crippen molar-refractivity contribution in [1.29, 1.82) is 0 Å². The van der Waals surface area contributed by atoms with E-state index in [-0.39, 0.29) is 12.0 Å². The van der Waals surface area contributed by atoms with E-state index in [0.29, 0.717) is 19.8 Å². The summed E-state index contributed by atoms with van der Waals surface area (Å²) in [5, 5.41) is 9.24. The zero-order valence-electron chi connectivity index (χ0n) is 8.58. The van der Waals surface area contributed by atoms with Gasteiger partial charge in [0, 0.05) is 39.4 Å². The molecule has 0 rings (SSSR count). The van der Waals surface area contributed by atoms with Crippen molar-refractivity contribution in [3.05, 3.63) is 0 Å². The molecule has 13 heavy (non-hydrogen) atoms. The van der Waals surface area contributed by atoms with Crippen LogP contribution in [0.3, 0.4) is 0 Å². The van der Waals surface area contributed by atoms with Gasteiger partial charge in [-0.15, -0.1) is 0 Å². The number of ether oxygens (including phenoxy) is 2. The zero-order chi connectivity index (χ0) is 10.2. The fraction of sp³-hybridized carbons (Fsp3) is 1.00. The molecule has 0 spiro atoms. The van der Waals surface area contributed by atoms with Crippen LogP contribution in [0.4, 0.5) is 0 Å². The van der Waals surface area contributed by atoms with Gasteiger partial charge in [-0.3, -0.25) is 0 Å². The van der Waals surface area contributed by atoms with Gasteiger partial charge in [-0.05, 0) is 12.8 Å². The van der Waals surface area contributed by atoms with Crippen LogP contribution in [0, 0.1) is 5.41 Å². The highest BCUT2D eigenvalue weighted by Crippen LogP contribution is 2.24. The van der Waals surface area contributed by atoms with Gasteiger partial charge in [-0.2, -0.15) is 0 Å². The van der Waals surface area contributed by atoms with E-state index < -0.39 is 0 Å². The van der Waals surface area contributed by atoms with E-state index in [0.717, 1.165) is 12.8 Å². The highest BCUT2D eigenvalue weighted by Gasteiger charge is 2.26. The van der Waals surface area contributed by atoms with Crippen LogP contribution in [0.25, 0.3) is 0 Å². The van der Waals surface area contributed by atoms with Gasteiger partial charge < -0.3 is 20.3 Å². The molecule has 0 bridgehead atoms. The first-order chi connectivity index (χ1) is 6.24. The van der Waals surface area contributed by atoms with Crippen molar-refractivity contribution in [2.75, 3.05) is 40.6 Å². The average molecular weight is 191 g/mol. The summed E-state index contributed by atoms with van der Waals surface area (Å²) in [6.07, 6.45) is 1.56. The van der Waals surface area contributed by atoms with E-state index in [1.807, 2.05) is 0 Å². The largest absolute Gasteiger partial charge is 0.396 e. The molecule has 3 N–H and O–H groups in total. The van der Waals surface area contributed by atoms with Gasteiger partial charge in [-0.1, -0.05) is 0 Å². The lowest BCUT2D eigenvalue weighted by molar-refractivity contribution is 0.0499. The molecule has 0 aromatic heterocycles. The van der Waals surface area contributed by atoms with Crippen LogP contribution in [0.15, 0.2) is 0 Å². The lowest BCUT2D eigenvalue weighted by Gasteiger charge is -2.29. The van der Waals surface area contributed by atoms with Crippen LogP contribution in [0.5, 0.6) is 0 Å². The summed E-state index contributed by atoms with van der Waals surface area (Å²) in [5.74, 6) is 0. The molecule has 0 aliphatic rings. The van der Waals surface area contributed by atoms with E-state index >= 15 is 0 Å². The lowest BCUT2D eigenvalue weighted by Crippen LogP contribution is -2.36. The van der Waals surface area contributed by atoms with E-state index in [1.54, 1.807) is 14.2 Å². The standard InChI is InChI=1S/C9H21NO3/c1-12-5-3-9(7-10,8-11)4-6-13-2/h11H,3-8,10H2,1-2H3. The summed E-state index contributed by atoms with van der Waals surface area (Å²) in [4.78, 5) is 0. The molecule has 80 valence electrons.